The zero-order valence-corrected chi connectivity index (χ0v) is 11.1. The van der Waals surface area contributed by atoms with Crippen LogP contribution in [-0.4, -0.2) is 4.98 Å². The maximum atomic E-state index is 5.90. The van der Waals surface area contributed by atoms with E-state index in [9.17, 15) is 0 Å². The van der Waals surface area contributed by atoms with Gasteiger partial charge in [0, 0.05) is 22.5 Å². The Hall–Kier alpha value is -2.61. The van der Waals surface area contributed by atoms with E-state index in [1.165, 1.54) is 5.56 Å². The zero-order valence-electron chi connectivity index (χ0n) is 11.1. The van der Waals surface area contributed by atoms with Crippen LogP contribution >= 0.6 is 0 Å². The van der Waals surface area contributed by atoms with Gasteiger partial charge >= 0.3 is 0 Å². The lowest BCUT2D eigenvalue weighted by Crippen LogP contribution is -1.81. The van der Waals surface area contributed by atoms with Crippen molar-refractivity contribution in [2.24, 2.45) is 0 Å². The largest absolute Gasteiger partial charge is 0.456 e. The van der Waals surface area contributed by atoms with Crippen molar-refractivity contribution >= 4 is 21.9 Å². The van der Waals surface area contributed by atoms with E-state index in [2.05, 4.69) is 42.2 Å². The number of pyridine rings is 1. The summed E-state index contributed by atoms with van der Waals surface area (Å²) in [5.41, 5.74) is 5.17. The molecule has 0 N–H and O–H groups in total. The molecule has 0 aliphatic rings. The summed E-state index contributed by atoms with van der Waals surface area (Å²) in [6, 6.07) is 18.5. The minimum atomic E-state index is 0.922. The molecule has 2 heteroatoms. The van der Waals surface area contributed by atoms with Gasteiger partial charge in [0.2, 0.25) is 0 Å². The molecule has 2 nitrogen and oxygen atoms in total. The topological polar surface area (TPSA) is 26.0 Å². The van der Waals surface area contributed by atoms with Crippen molar-refractivity contribution < 1.29 is 4.42 Å². The van der Waals surface area contributed by atoms with E-state index in [0.717, 1.165) is 33.2 Å². The van der Waals surface area contributed by atoms with Gasteiger partial charge in [-0.1, -0.05) is 18.2 Å². The van der Waals surface area contributed by atoms with E-state index in [-0.39, 0.29) is 0 Å². The SMILES string of the molecule is Cc1ccc2c(c1)oc1ccc(-c3ccccn3)cc12. The highest BCUT2D eigenvalue weighted by atomic mass is 16.3. The van der Waals surface area contributed by atoms with Gasteiger partial charge in [0.15, 0.2) is 0 Å². The Labute approximate surface area is 116 Å². The van der Waals surface area contributed by atoms with Crippen molar-refractivity contribution in [3.63, 3.8) is 0 Å². The third-order valence-corrected chi connectivity index (χ3v) is 3.59. The van der Waals surface area contributed by atoms with Crippen LogP contribution in [0.25, 0.3) is 33.2 Å². The van der Waals surface area contributed by atoms with Crippen LogP contribution in [0, 0.1) is 6.92 Å². The summed E-state index contributed by atoms with van der Waals surface area (Å²) in [4.78, 5) is 4.40. The Morgan fingerprint density at radius 3 is 2.65 bits per heavy atom. The fourth-order valence-corrected chi connectivity index (χ4v) is 2.58. The molecule has 20 heavy (non-hydrogen) atoms. The smallest absolute Gasteiger partial charge is 0.135 e. The van der Waals surface area contributed by atoms with E-state index >= 15 is 0 Å². The standard InChI is InChI=1S/C18H13NO/c1-12-5-7-14-15-11-13(16-4-2-3-9-19-16)6-8-17(15)20-18(14)10-12/h2-11H,1H3. The van der Waals surface area contributed by atoms with Gasteiger partial charge in [-0.05, 0) is 48.9 Å². The van der Waals surface area contributed by atoms with E-state index in [1.807, 2.05) is 30.5 Å². The number of aromatic nitrogens is 1. The minimum absolute atomic E-state index is 0.922. The van der Waals surface area contributed by atoms with Crippen molar-refractivity contribution in [3.8, 4) is 11.3 Å². The van der Waals surface area contributed by atoms with Crippen molar-refractivity contribution in [1.29, 1.82) is 0 Å². The second kappa shape index (κ2) is 4.20. The summed E-state index contributed by atoms with van der Waals surface area (Å²) in [7, 11) is 0. The molecular weight excluding hydrogens is 246 g/mol. The highest BCUT2D eigenvalue weighted by molar-refractivity contribution is 6.06. The number of aryl methyl sites for hydroxylation is 1. The molecule has 0 atom stereocenters. The van der Waals surface area contributed by atoms with E-state index in [1.54, 1.807) is 0 Å². The Balaban J connectivity index is 2.01. The summed E-state index contributed by atoms with van der Waals surface area (Å²) in [5.74, 6) is 0. The lowest BCUT2D eigenvalue weighted by molar-refractivity contribution is 0.668. The lowest BCUT2D eigenvalue weighted by atomic mass is 10.1. The van der Waals surface area contributed by atoms with Gasteiger partial charge in [0.1, 0.15) is 11.2 Å². The van der Waals surface area contributed by atoms with Gasteiger partial charge in [-0.2, -0.15) is 0 Å². The number of hydrogen-bond donors (Lipinski definition) is 0. The highest BCUT2D eigenvalue weighted by Crippen LogP contribution is 2.32. The van der Waals surface area contributed by atoms with Crippen LogP contribution in [0.2, 0.25) is 0 Å². The summed E-state index contributed by atoms with van der Waals surface area (Å²) in [6.07, 6.45) is 1.82. The number of fused-ring (bicyclic) bond motifs is 3. The molecule has 0 aliphatic heterocycles. The minimum Gasteiger partial charge on any atom is -0.456 e. The average Bonchev–Trinajstić information content (AvgIpc) is 2.84. The number of hydrogen-bond acceptors (Lipinski definition) is 2. The fraction of sp³-hybridized carbons (Fsp3) is 0.0556. The quantitative estimate of drug-likeness (QED) is 0.483. The van der Waals surface area contributed by atoms with Crippen LogP contribution in [0.4, 0.5) is 0 Å². The second-order valence-corrected chi connectivity index (χ2v) is 5.03. The van der Waals surface area contributed by atoms with Crippen LogP contribution in [0.15, 0.2) is 65.2 Å². The number of benzene rings is 2. The van der Waals surface area contributed by atoms with Crippen molar-refractivity contribution in [2.45, 2.75) is 6.92 Å². The maximum absolute atomic E-state index is 5.90. The molecule has 0 radical (unpaired) electrons. The first-order chi connectivity index (χ1) is 9.81. The molecule has 0 saturated heterocycles. The molecule has 0 fully saturated rings. The molecule has 0 unspecified atom stereocenters. The summed E-state index contributed by atoms with van der Waals surface area (Å²) in [5, 5.41) is 2.30. The first kappa shape index (κ1) is 11.2. The monoisotopic (exact) mass is 259 g/mol. The van der Waals surface area contributed by atoms with Crippen LogP contribution < -0.4 is 0 Å². The predicted molar refractivity (Wildman–Crippen MR) is 81.7 cm³/mol. The molecule has 0 aliphatic carbocycles. The molecule has 0 amide bonds. The number of rotatable bonds is 1. The van der Waals surface area contributed by atoms with Gasteiger partial charge in [0.25, 0.3) is 0 Å². The number of furan rings is 1. The first-order valence-corrected chi connectivity index (χ1v) is 6.65. The first-order valence-electron chi connectivity index (χ1n) is 6.65. The third kappa shape index (κ3) is 1.69. The zero-order chi connectivity index (χ0) is 13.5. The fourth-order valence-electron chi connectivity index (χ4n) is 2.58. The molecular formula is C18H13NO. The van der Waals surface area contributed by atoms with E-state index in [4.69, 9.17) is 4.42 Å². The molecule has 2 heterocycles. The molecule has 2 aromatic heterocycles. The van der Waals surface area contributed by atoms with Crippen LogP contribution in [0.1, 0.15) is 5.56 Å². The average molecular weight is 259 g/mol. The Morgan fingerprint density at radius 2 is 1.80 bits per heavy atom. The molecule has 0 spiro atoms. The molecule has 4 aromatic rings. The summed E-state index contributed by atoms with van der Waals surface area (Å²) < 4.78 is 5.90. The van der Waals surface area contributed by atoms with Gasteiger partial charge in [-0.3, -0.25) is 4.98 Å². The van der Waals surface area contributed by atoms with Gasteiger partial charge < -0.3 is 4.42 Å². The number of nitrogens with zero attached hydrogens (tertiary/aromatic N) is 1. The van der Waals surface area contributed by atoms with Gasteiger partial charge in [-0.15, -0.1) is 0 Å². The van der Waals surface area contributed by atoms with Crippen molar-refractivity contribution in [1.82, 2.24) is 4.98 Å². The lowest BCUT2D eigenvalue weighted by Gasteiger charge is -2.00. The maximum Gasteiger partial charge on any atom is 0.135 e. The third-order valence-electron chi connectivity index (χ3n) is 3.59. The summed E-state index contributed by atoms with van der Waals surface area (Å²) >= 11 is 0. The van der Waals surface area contributed by atoms with E-state index in [0.29, 0.717) is 0 Å². The molecule has 0 bridgehead atoms. The second-order valence-electron chi connectivity index (χ2n) is 5.03. The Kier molecular flexibility index (Phi) is 2.36. The van der Waals surface area contributed by atoms with Crippen LogP contribution in [0.3, 0.4) is 0 Å². The molecule has 4 rings (SSSR count). The van der Waals surface area contributed by atoms with Crippen molar-refractivity contribution in [2.75, 3.05) is 0 Å². The normalized spacial score (nSPS) is 11.2. The Bertz CT molecular complexity index is 907. The molecule has 0 saturated carbocycles. The van der Waals surface area contributed by atoms with Crippen LogP contribution in [-0.2, 0) is 0 Å². The highest BCUT2D eigenvalue weighted by Gasteiger charge is 2.08. The predicted octanol–water partition coefficient (Wildman–Crippen LogP) is 4.96. The van der Waals surface area contributed by atoms with Gasteiger partial charge in [0.05, 0.1) is 5.69 Å². The van der Waals surface area contributed by atoms with Crippen molar-refractivity contribution in [3.05, 3.63) is 66.4 Å². The van der Waals surface area contributed by atoms with Gasteiger partial charge in [-0.25, -0.2) is 0 Å². The van der Waals surface area contributed by atoms with E-state index < -0.39 is 0 Å². The molecule has 96 valence electrons. The Morgan fingerprint density at radius 1 is 0.850 bits per heavy atom. The summed E-state index contributed by atoms with van der Waals surface area (Å²) in [6.45, 7) is 2.08. The van der Waals surface area contributed by atoms with Crippen LogP contribution in [0.5, 0.6) is 0 Å². The molecule has 2 aromatic carbocycles.